The Morgan fingerprint density at radius 3 is 2.45 bits per heavy atom. The molecule has 2 rings (SSSR count). The van der Waals surface area contributed by atoms with E-state index in [1.165, 1.54) is 0 Å². The number of ether oxygens (including phenoxy) is 2. The number of hydrogen-bond donors (Lipinski definition) is 1. The van der Waals surface area contributed by atoms with E-state index >= 15 is 0 Å². The number of hydrogen-bond acceptors (Lipinski definition) is 3. The van der Waals surface area contributed by atoms with Gasteiger partial charge in [-0.1, -0.05) is 23.7 Å². The molecule has 3 nitrogen and oxygen atoms in total. The summed E-state index contributed by atoms with van der Waals surface area (Å²) in [5.41, 5.74) is 1.59. The van der Waals surface area contributed by atoms with Gasteiger partial charge in [-0.15, -0.1) is 0 Å². The Labute approximate surface area is 123 Å². The monoisotopic (exact) mass is 292 g/mol. The summed E-state index contributed by atoms with van der Waals surface area (Å²) in [6, 6.07) is 10.9. The van der Waals surface area contributed by atoms with Crippen molar-refractivity contribution in [3.05, 3.63) is 52.5 Å². The van der Waals surface area contributed by atoms with Gasteiger partial charge in [-0.05, 0) is 43.7 Å². The van der Waals surface area contributed by atoms with Crippen LogP contribution in [-0.2, 0) is 0 Å². The molecule has 2 aromatic carbocycles. The summed E-state index contributed by atoms with van der Waals surface area (Å²) in [7, 11) is 1.57. The molecule has 20 heavy (non-hydrogen) atoms. The maximum Gasteiger partial charge on any atom is 0.136 e. The Balaban J connectivity index is 2.45. The quantitative estimate of drug-likeness (QED) is 0.901. The fraction of sp³-hybridized carbons (Fsp3) is 0.250. The molecule has 0 heterocycles. The normalized spacial score (nSPS) is 12.1. The first-order valence-corrected chi connectivity index (χ1v) is 6.69. The van der Waals surface area contributed by atoms with E-state index in [4.69, 9.17) is 21.1 Å². The van der Waals surface area contributed by atoms with Crippen LogP contribution in [0.1, 0.15) is 24.2 Å². The standard InChI is InChI=1S/C16H17ClO3/c1-10-7-8-12(17)9-15(10)20-14-6-4-5-13(19-3)16(14)11(2)18/h4-9,11,18H,1-3H3. The first-order valence-electron chi connectivity index (χ1n) is 6.32. The van der Waals surface area contributed by atoms with Gasteiger partial charge in [-0.25, -0.2) is 0 Å². The number of halogens is 1. The first kappa shape index (κ1) is 14.7. The summed E-state index contributed by atoms with van der Waals surface area (Å²) < 4.78 is 11.2. The van der Waals surface area contributed by atoms with Crippen LogP contribution in [0.5, 0.6) is 17.2 Å². The lowest BCUT2D eigenvalue weighted by Gasteiger charge is -2.17. The van der Waals surface area contributed by atoms with Crippen molar-refractivity contribution in [1.82, 2.24) is 0 Å². The third kappa shape index (κ3) is 3.06. The third-order valence-corrected chi connectivity index (χ3v) is 3.27. The second-order valence-electron chi connectivity index (χ2n) is 4.56. The molecule has 0 bridgehead atoms. The Bertz CT molecular complexity index is 609. The van der Waals surface area contributed by atoms with Crippen LogP contribution in [0.4, 0.5) is 0 Å². The lowest BCUT2D eigenvalue weighted by molar-refractivity contribution is 0.190. The van der Waals surface area contributed by atoms with Crippen LogP contribution in [0.15, 0.2) is 36.4 Å². The Hall–Kier alpha value is -1.71. The van der Waals surface area contributed by atoms with Crippen LogP contribution < -0.4 is 9.47 Å². The van der Waals surface area contributed by atoms with E-state index in [1.807, 2.05) is 25.1 Å². The Morgan fingerprint density at radius 1 is 1.10 bits per heavy atom. The smallest absolute Gasteiger partial charge is 0.136 e. The largest absolute Gasteiger partial charge is 0.496 e. The molecule has 106 valence electrons. The van der Waals surface area contributed by atoms with E-state index in [2.05, 4.69) is 0 Å². The number of aryl methyl sites for hydroxylation is 1. The second-order valence-corrected chi connectivity index (χ2v) is 5.00. The molecule has 0 fully saturated rings. The van der Waals surface area contributed by atoms with E-state index in [1.54, 1.807) is 32.2 Å². The third-order valence-electron chi connectivity index (χ3n) is 3.03. The average Bonchev–Trinajstić information content (AvgIpc) is 2.42. The molecule has 0 amide bonds. The Kier molecular flexibility index (Phi) is 4.53. The maximum absolute atomic E-state index is 9.93. The molecule has 0 spiro atoms. The van der Waals surface area contributed by atoms with Crippen molar-refractivity contribution >= 4 is 11.6 Å². The van der Waals surface area contributed by atoms with Crippen LogP contribution in [0.25, 0.3) is 0 Å². The molecular weight excluding hydrogens is 276 g/mol. The minimum Gasteiger partial charge on any atom is -0.496 e. The zero-order valence-corrected chi connectivity index (χ0v) is 12.4. The van der Waals surface area contributed by atoms with Crippen LogP contribution in [0.3, 0.4) is 0 Å². The summed E-state index contributed by atoms with van der Waals surface area (Å²) in [5, 5.41) is 10.5. The molecule has 0 radical (unpaired) electrons. The highest BCUT2D eigenvalue weighted by molar-refractivity contribution is 6.30. The zero-order valence-electron chi connectivity index (χ0n) is 11.7. The summed E-state index contributed by atoms with van der Waals surface area (Å²) in [6.07, 6.45) is -0.694. The van der Waals surface area contributed by atoms with E-state index in [-0.39, 0.29) is 0 Å². The molecule has 0 saturated heterocycles. The van der Waals surface area contributed by atoms with Crippen molar-refractivity contribution < 1.29 is 14.6 Å². The molecule has 0 saturated carbocycles. The van der Waals surface area contributed by atoms with Gasteiger partial charge >= 0.3 is 0 Å². The van der Waals surface area contributed by atoms with Gasteiger partial charge in [0.15, 0.2) is 0 Å². The predicted octanol–water partition coefficient (Wildman–Crippen LogP) is 4.50. The van der Waals surface area contributed by atoms with Crippen molar-refractivity contribution in [2.75, 3.05) is 7.11 Å². The molecule has 1 unspecified atom stereocenters. The number of rotatable bonds is 4. The molecule has 0 aliphatic carbocycles. The lowest BCUT2D eigenvalue weighted by Crippen LogP contribution is -2.00. The van der Waals surface area contributed by atoms with E-state index < -0.39 is 6.10 Å². The van der Waals surface area contributed by atoms with E-state index in [0.29, 0.717) is 27.8 Å². The van der Waals surface area contributed by atoms with Crippen LogP contribution >= 0.6 is 11.6 Å². The van der Waals surface area contributed by atoms with Crippen molar-refractivity contribution in [1.29, 1.82) is 0 Å². The predicted molar refractivity (Wildman–Crippen MR) is 79.9 cm³/mol. The van der Waals surface area contributed by atoms with Crippen molar-refractivity contribution in [3.8, 4) is 17.2 Å². The fourth-order valence-corrected chi connectivity index (χ4v) is 2.17. The van der Waals surface area contributed by atoms with Gasteiger partial charge in [-0.2, -0.15) is 0 Å². The molecule has 0 aliphatic rings. The van der Waals surface area contributed by atoms with Crippen LogP contribution in [0, 0.1) is 6.92 Å². The highest BCUT2D eigenvalue weighted by atomic mass is 35.5. The SMILES string of the molecule is COc1cccc(Oc2cc(Cl)ccc2C)c1C(C)O. The van der Waals surface area contributed by atoms with Crippen LogP contribution in [0.2, 0.25) is 5.02 Å². The number of methoxy groups -OCH3 is 1. The molecule has 0 aliphatic heterocycles. The highest BCUT2D eigenvalue weighted by Crippen LogP contribution is 2.37. The second kappa shape index (κ2) is 6.16. The zero-order chi connectivity index (χ0) is 14.7. The molecule has 1 atom stereocenters. The van der Waals surface area contributed by atoms with Gasteiger partial charge in [0.2, 0.25) is 0 Å². The summed E-state index contributed by atoms with van der Waals surface area (Å²) >= 11 is 5.99. The van der Waals surface area contributed by atoms with Gasteiger partial charge in [0.1, 0.15) is 17.2 Å². The lowest BCUT2D eigenvalue weighted by atomic mass is 10.1. The Morgan fingerprint density at radius 2 is 1.80 bits per heavy atom. The highest BCUT2D eigenvalue weighted by Gasteiger charge is 2.16. The minimum atomic E-state index is -0.694. The van der Waals surface area contributed by atoms with Gasteiger partial charge in [0.05, 0.1) is 18.8 Å². The molecular formula is C16H17ClO3. The maximum atomic E-state index is 9.93. The fourth-order valence-electron chi connectivity index (χ4n) is 2.00. The van der Waals surface area contributed by atoms with Crippen molar-refractivity contribution in [2.24, 2.45) is 0 Å². The summed E-state index contributed by atoms with van der Waals surface area (Å²) in [4.78, 5) is 0. The molecule has 2 aromatic rings. The first-order chi connectivity index (χ1) is 9.52. The van der Waals surface area contributed by atoms with Crippen molar-refractivity contribution in [3.63, 3.8) is 0 Å². The number of aliphatic hydroxyl groups excluding tert-OH is 1. The van der Waals surface area contributed by atoms with E-state index in [9.17, 15) is 5.11 Å². The van der Waals surface area contributed by atoms with Gasteiger partial charge in [0.25, 0.3) is 0 Å². The summed E-state index contributed by atoms with van der Waals surface area (Å²) in [5.74, 6) is 1.81. The topological polar surface area (TPSA) is 38.7 Å². The number of benzene rings is 2. The number of aliphatic hydroxyl groups is 1. The molecule has 4 heteroatoms. The average molecular weight is 293 g/mol. The molecule has 0 aromatic heterocycles. The van der Waals surface area contributed by atoms with Crippen LogP contribution in [-0.4, -0.2) is 12.2 Å². The van der Waals surface area contributed by atoms with Gasteiger partial charge < -0.3 is 14.6 Å². The minimum absolute atomic E-state index is 0.560. The van der Waals surface area contributed by atoms with Crippen molar-refractivity contribution in [2.45, 2.75) is 20.0 Å². The molecule has 1 N–H and O–H groups in total. The summed E-state index contributed by atoms with van der Waals surface area (Å²) in [6.45, 7) is 3.61. The van der Waals surface area contributed by atoms with E-state index in [0.717, 1.165) is 5.56 Å². The van der Waals surface area contributed by atoms with Gasteiger partial charge in [-0.3, -0.25) is 0 Å². The van der Waals surface area contributed by atoms with Gasteiger partial charge in [0, 0.05) is 5.02 Å².